The Morgan fingerprint density at radius 1 is 1.17 bits per heavy atom. The number of hydrogen-bond donors (Lipinski definition) is 1. The van der Waals surface area contributed by atoms with Gasteiger partial charge in [0.25, 0.3) is 0 Å². The highest BCUT2D eigenvalue weighted by molar-refractivity contribution is 14.1. The fourth-order valence-electron chi connectivity index (χ4n) is 1.73. The Bertz CT molecular complexity index is 581. The predicted octanol–water partition coefficient (Wildman–Crippen LogP) is 3.63. The molecule has 2 aromatic rings. The monoisotopic (exact) mass is 371 g/mol. The van der Waals surface area contributed by atoms with Crippen LogP contribution in [0, 0.1) is 3.57 Å². The third-order valence-corrected chi connectivity index (χ3v) is 4.18. The zero-order valence-electron chi connectivity index (χ0n) is 9.49. The second kappa shape index (κ2) is 5.71. The molecule has 0 spiro atoms. The van der Waals surface area contributed by atoms with Gasteiger partial charge in [-0.25, -0.2) is 0 Å². The molecule has 2 N–H and O–H groups in total. The summed E-state index contributed by atoms with van der Waals surface area (Å²) >= 11 is 8.01. The molecule has 18 heavy (non-hydrogen) atoms. The summed E-state index contributed by atoms with van der Waals surface area (Å²) in [6, 6.07) is 13.3. The molecule has 0 unspecified atom stereocenters. The van der Waals surface area contributed by atoms with E-state index in [1.165, 1.54) is 0 Å². The van der Waals surface area contributed by atoms with Crippen LogP contribution in [0.3, 0.4) is 0 Å². The molecule has 0 aliphatic rings. The molecular weight excluding hydrogens is 361 g/mol. The van der Waals surface area contributed by atoms with E-state index in [9.17, 15) is 4.79 Å². The zero-order chi connectivity index (χ0) is 13.1. The molecule has 0 bridgehead atoms. The quantitative estimate of drug-likeness (QED) is 0.823. The van der Waals surface area contributed by atoms with Crippen LogP contribution in [-0.2, 0) is 6.42 Å². The maximum Gasteiger partial charge on any atom is 0.249 e. The van der Waals surface area contributed by atoms with E-state index in [-0.39, 0.29) is 0 Å². The summed E-state index contributed by atoms with van der Waals surface area (Å²) in [5, 5.41) is 0.722. The highest BCUT2D eigenvalue weighted by Crippen LogP contribution is 2.21. The van der Waals surface area contributed by atoms with Gasteiger partial charge < -0.3 is 5.73 Å². The van der Waals surface area contributed by atoms with E-state index in [1.54, 1.807) is 6.07 Å². The van der Waals surface area contributed by atoms with Gasteiger partial charge in [-0.05, 0) is 58.3 Å². The number of nitrogens with two attached hydrogens (primary N) is 1. The van der Waals surface area contributed by atoms with Gasteiger partial charge >= 0.3 is 0 Å². The van der Waals surface area contributed by atoms with Crippen molar-refractivity contribution in [3.05, 3.63) is 67.7 Å². The number of hydrogen-bond acceptors (Lipinski definition) is 1. The topological polar surface area (TPSA) is 43.1 Å². The number of benzene rings is 2. The van der Waals surface area contributed by atoms with E-state index in [4.69, 9.17) is 17.3 Å². The first-order valence-electron chi connectivity index (χ1n) is 5.39. The lowest BCUT2D eigenvalue weighted by Crippen LogP contribution is -2.13. The summed E-state index contributed by atoms with van der Waals surface area (Å²) in [6.45, 7) is 0. The molecule has 0 heterocycles. The lowest BCUT2D eigenvalue weighted by atomic mass is 10.0. The fraction of sp³-hybridized carbons (Fsp3) is 0.0714. The third-order valence-electron chi connectivity index (χ3n) is 2.65. The van der Waals surface area contributed by atoms with Crippen molar-refractivity contribution in [2.45, 2.75) is 6.42 Å². The van der Waals surface area contributed by atoms with Crippen molar-refractivity contribution in [2.24, 2.45) is 5.73 Å². The third kappa shape index (κ3) is 3.03. The summed E-state index contributed by atoms with van der Waals surface area (Å²) in [4.78, 5) is 11.3. The summed E-state index contributed by atoms with van der Waals surface area (Å²) in [7, 11) is 0. The smallest absolute Gasteiger partial charge is 0.249 e. The number of halogens is 2. The van der Waals surface area contributed by atoms with Crippen LogP contribution in [-0.4, -0.2) is 5.91 Å². The molecule has 0 aliphatic carbocycles. The van der Waals surface area contributed by atoms with Crippen molar-refractivity contribution in [1.82, 2.24) is 0 Å². The van der Waals surface area contributed by atoms with E-state index in [0.29, 0.717) is 5.56 Å². The summed E-state index contributed by atoms with van der Waals surface area (Å²) in [6.07, 6.45) is 0.760. The lowest BCUT2D eigenvalue weighted by Gasteiger charge is -2.08. The van der Waals surface area contributed by atoms with Gasteiger partial charge in [-0.3, -0.25) is 4.79 Å². The minimum atomic E-state index is -0.391. The predicted molar refractivity (Wildman–Crippen MR) is 81.9 cm³/mol. The largest absolute Gasteiger partial charge is 0.366 e. The first-order chi connectivity index (χ1) is 8.58. The van der Waals surface area contributed by atoms with Crippen LogP contribution in [0.2, 0.25) is 5.02 Å². The highest BCUT2D eigenvalue weighted by atomic mass is 127. The number of rotatable bonds is 3. The minimum absolute atomic E-state index is 0.391. The second-order valence-electron chi connectivity index (χ2n) is 3.95. The molecule has 0 saturated heterocycles. The van der Waals surface area contributed by atoms with Crippen LogP contribution in [0.15, 0.2) is 42.5 Å². The first-order valence-corrected chi connectivity index (χ1v) is 6.85. The fourth-order valence-corrected chi connectivity index (χ4v) is 2.67. The van der Waals surface area contributed by atoms with Gasteiger partial charge in [-0.15, -0.1) is 0 Å². The second-order valence-corrected chi connectivity index (χ2v) is 5.46. The molecule has 0 saturated carbocycles. The number of carbonyl (C=O) groups is 1. The van der Waals surface area contributed by atoms with E-state index in [0.717, 1.165) is 26.1 Å². The molecule has 0 radical (unpaired) electrons. The lowest BCUT2D eigenvalue weighted by molar-refractivity contribution is 0.0999. The Kier molecular flexibility index (Phi) is 4.24. The average Bonchev–Trinajstić information content (AvgIpc) is 2.34. The minimum Gasteiger partial charge on any atom is -0.366 e. The Hall–Kier alpha value is -1.07. The van der Waals surface area contributed by atoms with Crippen molar-refractivity contribution >= 4 is 40.1 Å². The van der Waals surface area contributed by atoms with Crippen molar-refractivity contribution in [1.29, 1.82) is 0 Å². The summed E-state index contributed by atoms with van der Waals surface area (Å²) in [5.74, 6) is -0.391. The van der Waals surface area contributed by atoms with Gasteiger partial charge in [0.15, 0.2) is 0 Å². The Labute approximate surface area is 124 Å². The maximum atomic E-state index is 11.3. The molecule has 4 heteroatoms. The zero-order valence-corrected chi connectivity index (χ0v) is 12.4. The molecule has 0 aliphatic heterocycles. The van der Waals surface area contributed by atoms with E-state index >= 15 is 0 Å². The van der Waals surface area contributed by atoms with Crippen molar-refractivity contribution in [3.8, 4) is 0 Å². The summed E-state index contributed by atoms with van der Waals surface area (Å²) in [5.41, 5.74) is 8.15. The van der Waals surface area contributed by atoms with E-state index in [2.05, 4.69) is 22.6 Å². The highest BCUT2D eigenvalue weighted by Gasteiger charge is 2.10. The Morgan fingerprint density at radius 3 is 2.44 bits per heavy atom. The van der Waals surface area contributed by atoms with Gasteiger partial charge in [0, 0.05) is 8.59 Å². The normalized spacial score (nSPS) is 10.3. The van der Waals surface area contributed by atoms with E-state index in [1.807, 2.05) is 36.4 Å². The molecule has 1 amide bonds. The number of primary amides is 1. The Balaban J connectivity index is 2.32. The van der Waals surface area contributed by atoms with Crippen LogP contribution >= 0.6 is 34.2 Å². The van der Waals surface area contributed by atoms with Gasteiger partial charge in [0.2, 0.25) is 5.91 Å². The van der Waals surface area contributed by atoms with Gasteiger partial charge in [-0.2, -0.15) is 0 Å². The molecule has 0 atom stereocenters. The molecule has 2 aromatic carbocycles. The van der Waals surface area contributed by atoms with Crippen molar-refractivity contribution < 1.29 is 4.79 Å². The SMILES string of the molecule is NC(=O)c1cccc(Cc2ccc(Cl)cc2)c1I. The van der Waals surface area contributed by atoms with Crippen LogP contribution < -0.4 is 5.73 Å². The van der Waals surface area contributed by atoms with Gasteiger partial charge in [-0.1, -0.05) is 35.9 Å². The molecule has 0 aromatic heterocycles. The summed E-state index contributed by atoms with van der Waals surface area (Å²) < 4.78 is 0.914. The van der Waals surface area contributed by atoms with Gasteiger partial charge in [0.05, 0.1) is 5.56 Å². The van der Waals surface area contributed by atoms with Crippen LogP contribution in [0.4, 0.5) is 0 Å². The first kappa shape index (κ1) is 13.4. The van der Waals surface area contributed by atoms with Crippen LogP contribution in [0.1, 0.15) is 21.5 Å². The standard InChI is InChI=1S/C14H11ClINO/c15-11-6-4-9(5-7-11)8-10-2-1-3-12(13(10)16)14(17)18/h1-7H,8H2,(H2,17,18). The van der Waals surface area contributed by atoms with Crippen molar-refractivity contribution in [2.75, 3.05) is 0 Å². The van der Waals surface area contributed by atoms with Crippen LogP contribution in [0.25, 0.3) is 0 Å². The number of amides is 1. The molecule has 2 rings (SSSR count). The van der Waals surface area contributed by atoms with Crippen LogP contribution in [0.5, 0.6) is 0 Å². The van der Waals surface area contributed by atoms with Crippen molar-refractivity contribution in [3.63, 3.8) is 0 Å². The molecule has 0 fully saturated rings. The molecule has 2 nitrogen and oxygen atoms in total. The Morgan fingerprint density at radius 2 is 1.83 bits per heavy atom. The van der Waals surface area contributed by atoms with E-state index < -0.39 is 5.91 Å². The molecule has 92 valence electrons. The molecular formula is C14H11ClINO. The average molecular weight is 372 g/mol. The number of carbonyl (C=O) groups excluding carboxylic acids is 1. The van der Waals surface area contributed by atoms with Gasteiger partial charge in [0.1, 0.15) is 0 Å². The maximum absolute atomic E-state index is 11.3.